The van der Waals surface area contributed by atoms with Crippen LogP contribution in [0.25, 0.3) is 10.9 Å². The fourth-order valence-corrected chi connectivity index (χ4v) is 9.10. The quantitative estimate of drug-likeness (QED) is 0.180. The van der Waals surface area contributed by atoms with Crippen LogP contribution in [-0.4, -0.2) is 88.9 Å². The van der Waals surface area contributed by atoms with Gasteiger partial charge in [-0.15, -0.1) is 10.2 Å². The lowest BCUT2D eigenvalue weighted by atomic mass is 9.92. The number of nitrogens with one attached hydrogen (secondary N) is 2. The zero-order valence-electron chi connectivity index (χ0n) is 32.4. The van der Waals surface area contributed by atoms with Crippen LogP contribution in [0.4, 0.5) is 29.5 Å². The topological polar surface area (TPSA) is 149 Å². The lowest BCUT2D eigenvalue weighted by Gasteiger charge is -2.38. The van der Waals surface area contributed by atoms with Gasteiger partial charge >= 0.3 is 12.2 Å². The predicted molar refractivity (Wildman–Crippen MR) is 214 cm³/mol. The van der Waals surface area contributed by atoms with Gasteiger partial charge in [0.1, 0.15) is 11.8 Å². The molecule has 5 heterocycles. The van der Waals surface area contributed by atoms with Crippen LogP contribution in [0.2, 0.25) is 5.02 Å². The number of hydrogen-bond acceptors (Lipinski definition) is 9. The van der Waals surface area contributed by atoms with Gasteiger partial charge in [0.15, 0.2) is 11.5 Å². The Morgan fingerprint density at radius 1 is 0.932 bits per heavy atom. The summed E-state index contributed by atoms with van der Waals surface area (Å²) in [5.74, 6) is 1.17. The van der Waals surface area contributed by atoms with Crippen LogP contribution in [-0.2, 0) is 11.0 Å². The van der Waals surface area contributed by atoms with E-state index < -0.39 is 23.7 Å². The standard InChI is InChI=1S/C42H45ClF3N9O4/c43-34-23-32(4-1-27(34)24-47)59-31-5-2-29(3-6-31)48-40(57)35-7-8-38(51-50-35)53-17-9-26(10-18-53)25-52-15-11-30(12-16-52)54-19-13-33-36(54)21-28(42(44,45)46)22-37(33)55-20-14-39(56)49-41(55)58/h1,4,7-8,13,19,21-23,26,29-31H,2-3,5-6,9-12,14-18,20,25H2,(H,48,57)(H,49,56,58)/t29-,31-. The van der Waals surface area contributed by atoms with E-state index in [1.807, 2.05) is 22.9 Å². The Morgan fingerprint density at radius 2 is 1.69 bits per heavy atom. The molecular weight excluding hydrogens is 787 g/mol. The molecular formula is C42H45ClF3N9O4. The highest BCUT2D eigenvalue weighted by atomic mass is 35.5. The minimum atomic E-state index is -4.60. The zero-order chi connectivity index (χ0) is 41.3. The molecule has 4 amide bonds. The molecule has 310 valence electrons. The SMILES string of the molecule is N#Cc1ccc(O[C@H]2CC[C@H](NC(=O)c3ccc(N4CCC(CN5CCC(n6ccc7c(N8CCC(=O)NC8=O)cc(C(F)(F)F)cc76)CC5)CC4)nn3)CC2)cc1Cl. The molecule has 3 saturated heterocycles. The highest BCUT2D eigenvalue weighted by molar-refractivity contribution is 6.31. The maximum absolute atomic E-state index is 14.1. The summed E-state index contributed by atoms with van der Waals surface area (Å²) in [6, 6.07) is 13.9. The van der Waals surface area contributed by atoms with Crippen LogP contribution in [0.3, 0.4) is 0 Å². The molecule has 2 aromatic carbocycles. The maximum atomic E-state index is 14.1. The molecule has 2 N–H and O–H groups in total. The van der Waals surface area contributed by atoms with Crippen molar-refractivity contribution in [2.45, 2.75) is 82.2 Å². The molecule has 13 nitrogen and oxygen atoms in total. The summed E-state index contributed by atoms with van der Waals surface area (Å²) in [5.41, 5.74) is 0.438. The second-order valence-corrected chi connectivity index (χ2v) is 16.4. The summed E-state index contributed by atoms with van der Waals surface area (Å²) in [6.07, 6.45) is 3.86. The number of piperidine rings is 2. The first-order valence-corrected chi connectivity index (χ1v) is 20.6. The van der Waals surface area contributed by atoms with Gasteiger partial charge in [-0.3, -0.25) is 19.8 Å². The number of nitriles is 1. The summed E-state index contributed by atoms with van der Waals surface area (Å²) >= 11 is 6.14. The summed E-state index contributed by atoms with van der Waals surface area (Å²) in [6.45, 7) is 4.26. The molecule has 0 unspecified atom stereocenters. The van der Waals surface area contributed by atoms with Gasteiger partial charge < -0.3 is 24.4 Å². The Labute approximate surface area is 344 Å². The number of benzene rings is 2. The number of halogens is 4. The molecule has 1 aliphatic carbocycles. The van der Waals surface area contributed by atoms with Gasteiger partial charge in [0.2, 0.25) is 5.91 Å². The maximum Gasteiger partial charge on any atom is 0.416 e. The minimum Gasteiger partial charge on any atom is -0.490 e. The molecule has 8 rings (SSSR count). The van der Waals surface area contributed by atoms with Gasteiger partial charge in [-0.05, 0) is 99.7 Å². The van der Waals surface area contributed by atoms with Crippen LogP contribution < -0.4 is 25.2 Å². The lowest BCUT2D eigenvalue weighted by molar-refractivity contribution is -0.137. The summed E-state index contributed by atoms with van der Waals surface area (Å²) in [5, 5.41) is 24.0. The average Bonchev–Trinajstić information content (AvgIpc) is 3.66. The molecule has 0 spiro atoms. The number of urea groups is 1. The Hall–Kier alpha value is -5.40. The number of nitrogens with zero attached hydrogens (tertiary/aromatic N) is 7. The Kier molecular flexibility index (Phi) is 11.7. The lowest BCUT2D eigenvalue weighted by Crippen LogP contribution is -2.49. The van der Waals surface area contributed by atoms with Crippen molar-refractivity contribution in [3.63, 3.8) is 0 Å². The van der Waals surface area contributed by atoms with Crippen molar-refractivity contribution in [2.75, 3.05) is 49.1 Å². The average molecular weight is 832 g/mol. The van der Waals surface area contributed by atoms with Crippen molar-refractivity contribution in [3.05, 3.63) is 76.6 Å². The molecule has 2 aromatic heterocycles. The van der Waals surface area contributed by atoms with E-state index in [4.69, 9.17) is 21.6 Å². The number of amides is 4. The van der Waals surface area contributed by atoms with Crippen molar-refractivity contribution in [3.8, 4) is 11.8 Å². The van der Waals surface area contributed by atoms with E-state index in [0.717, 1.165) is 96.0 Å². The number of hydrogen-bond donors (Lipinski definition) is 2. The van der Waals surface area contributed by atoms with Crippen LogP contribution in [0.1, 0.15) is 85.4 Å². The number of rotatable bonds is 9. The second kappa shape index (κ2) is 17.1. The second-order valence-electron chi connectivity index (χ2n) is 16.0. The summed E-state index contributed by atoms with van der Waals surface area (Å²) in [4.78, 5) is 43.2. The summed E-state index contributed by atoms with van der Waals surface area (Å²) < 4.78 is 50.2. The van der Waals surface area contributed by atoms with E-state index in [1.165, 1.54) is 11.0 Å². The van der Waals surface area contributed by atoms with E-state index in [0.29, 0.717) is 33.2 Å². The van der Waals surface area contributed by atoms with Crippen LogP contribution in [0.5, 0.6) is 5.75 Å². The van der Waals surface area contributed by atoms with Crippen molar-refractivity contribution >= 4 is 51.9 Å². The van der Waals surface area contributed by atoms with Crippen molar-refractivity contribution in [1.29, 1.82) is 5.26 Å². The monoisotopic (exact) mass is 831 g/mol. The summed E-state index contributed by atoms with van der Waals surface area (Å²) in [7, 11) is 0. The number of anilines is 2. The van der Waals surface area contributed by atoms with Gasteiger partial charge in [-0.1, -0.05) is 11.6 Å². The van der Waals surface area contributed by atoms with Crippen LogP contribution in [0, 0.1) is 17.2 Å². The van der Waals surface area contributed by atoms with E-state index in [1.54, 1.807) is 30.3 Å². The molecule has 0 bridgehead atoms. The molecule has 17 heteroatoms. The smallest absolute Gasteiger partial charge is 0.416 e. The fraction of sp³-hybridized carbons (Fsp3) is 0.476. The number of likely N-dealkylation sites (tertiary alicyclic amines) is 1. The molecule has 4 fully saturated rings. The Morgan fingerprint density at radius 3 is 2.36 bits per heavy atom. The predicted octanol–water partition coefficient (Wildman–Crippen LogP) is 7.09. The van der Waals surface area contributed by atoms with Gasteiger partial charge in [0.25, 0.3) is 5.91 Å². The molecule has 1 saturated carbocycles. The molecule has 4 aliphatic rings. The molecule has 3 aliphatic heterocycles. The fourth-order valence-electron chi connectivity index (χ4n) is 8.88. The first-order valence-electron chi connectivity index (χ1n) is 20.2. The number of fused-ring (bicyclic) bond motifs is 1. The Bertz CT molecular complexity index is 2240. The highest BCUT2D eigenvalue weighted by Gasteiger charge is 2.35. The van der Waals surface area contributed by atoms with Crippen molar-refractivity contribution in [2.24, 2.45) is 5.92 Å². The Balaban J connectivity index is 0.790. The van der Waals surface area contributed by atoms with Gasteiger partial charge in [0, 0.05) is 75.4 Å². The van der Waals surface area contributed by atoms with Crippen molar-refractivity contribution in [1.82, 2.24) is 30.3 Å². The number of carbonyl (C=O) groups is 3. The van der Waals surface area contributed by atoms with E-state index in [9.17, 15) is 27.6 Å². The third kappa shape index (κ3) is 9.11. The zero-order valence-corrected chi connectivity index (χ0v) is 33.1. The first kappa shape index (κ1) is 40.4. The first-order chi connectivity index (χ1) is 28.4. The third-order valence-electron chi connectivity index (χ3n) is 12.2. The largest absolute Gasteiger partial charge is 0.490 e. The molecule has 0 radical (unpaired) electrons. The molecule has 4 aromatic rings. The van der Waals surface area contributed by atoms with Crippen LogP contribution in [0.15, 0.2) is 54.7 Å². The van der Waals surface area contributed by atoms with E-state index in [-0.39, 0.29) is 48.4 Å². The van der Waals surface area contributed by atoms with E-state index in [2.05, 4.69) is 30.6 Å². The number of aromatic nitrogens is 3. The number of imide groups is 1. The molecule has 0 atom stereocenters. The van der Waals surface area contributed by atoms with Gasteiger partial charge in [-0.2, -0.15) is 18.4 Å². The minimum absolute atomic E-state index is 0.00383. The normalized spacial score (nSPS) is 21.3. The van der Waals surface area contributed by atoms with Gasteiger partial charge in [0.05, 0.1) is 33.5 Å². The molecule has 59 heavy (non-hydrogen) atoms. The van der Waals surface area contributed by atoms with E-state index >= 15 is 0 Å². The number of carbonyl (C=O) groups excluding carboxylic acids is 3. The number of alkyl halides is 3. The highest BCUT2D eigenvalue weighted by Crippen LogP contribution is 2.40. The van der Waals surface area contributed by atoms with Gasteiger partial charge in [-0.25, -0.2) is 4.79 Å². The van der Waals surface area contributed by atoms with Crippen molar-refractivity contribution < 1.29 is 32.3 Å². The van der Waals surface area contributed by atoms with Crippen LogP contribution >= 0.6 is 11.6 Å². The third-order valence-corrected chi connectivity index (χ3v) is 12.5. The number of ether oxygens (including phenoxy) is 1.